The molecule has 3 aromatic carbocycles. The fourth-order valence-corrected chi connectivity index (χ4v) is 4.31. The van der Waals surface area contributed by atoms with E-state index >= 15 is 0 Å². The Balaban J connectivity index is 1.46. The highest BCUT2D eigenvalue weighted by Crippen LogP contribution is 2.18. The molecule has 0 spiro atoms. The molecule has 0 saturated heterocycles. The molecule has 0 unspecified atom stereocenters. The van der Waals surface area contributed by atoms with Gasteiger partial charge in [0.1, 0.15) is 0 Å². The van der Waals surface area contributed by atoms with Gasteiger partial charge < -0.3 is 5.32 Å². The van der Waals surface area contributed by atoms with Gasteiger partial charge in [-0.1, -0.05) is 60.7 Å². The molecule has 2 heterocycles. The Hall–Kier alpha value is -4.26. The molecule has 176 valence electrons. The van der Waals surface area contributed by atoms with Crippen molar-refractivity contribution < 1.29 is 4.79 Å². The molecule has 0 saturated carbocycles. The highest BCUT2D eigenvalue weighted by atomic mass is 16.2. The maximum atomic E-state index is 13.5. The summed E-state index contributed by atoms with van der Waals surface area (Å²) in [5.74, 6) is -0.385. The van der Waals surface area contributed by atoms with Gasteiger partial charge in [0.15, 0.2) is 0 Å². The monoisotopic (exact) mass is 465 g/mol. The van der Waals surface area contributed by atoms with Crippen LogP contribution in [0.15, 0.2) is 77.6 Å². The van der Waals surface area contributed by atoms with Crippen molar-refractivity contribution in [2.75, 3.05) is 6.54 Å². The van der Waals surface area contributed by atoms with Crippen LogP contribution in [0.2, 0.25) is 0 Å². The summed E-state index contributed by atoms with van der Waals surface area (Å²) >= 11 is 0. The number of hydrogen-bond acceptors (Lipinski definition) is 4. The second kappa shape index (κ2) is 9.54. The zero-order valence-electron chi connectivity index (χ0n) is 19.9. The van der Waals surface area contributed by atoms with E-state index in [0.717, 1.165) is 40.6 Å². The molecular formula is C28H27N5O2. The van der Waals surface area contributed by atoms with Gasteiger partial charge in [-0.2, -0.15) is 4.98 Å². The van der Waals surface area contributed by atoms with E-state index in [2.05, 4.69) is 27.5 Å². The van der Waals surface area contributed by atoms with Crippen LogP contribution in [-0.4, -0.2) is 31.6 Å². The minimum absolute atomic E-state index is 0.00247. The second-order valence-electron chi connectivity index (χ2n) is 8.83. The first kappa shape index (κ1) is 22.5. The molecule has 0 radical (unpaired) electrons. The van der Waals surface area contributed by atoms with Crippen molar-refractivity contribution in [3.05, 3.63) is 111 Å². The number of amides is 1. The molecule has 0 atom stereocenters. The lowest BCUT2D eigenvalue weighted by molar-refractivity contribution is 0.0943. The quantitative estimate of drug-likeness (QED) is 0.368. The molecule has 0 aliphatic carbocycles. The second-order valence-corrected chi connectivity index (χ2v) is 8.83. The Morgan fingerprint density at radius 1 is 0.943 bits per heavy atom. The largest absolute Gasteiger partial charge is 0.349 e. The van der Waals surface area contributed by atoms with Crippen LogP contribution in [0.5, 0.6) is 0 Å². The molecule has 7 nitrogen and oxygen atoms in total. The minimum Gasteiger partial charge on any atom is -0.349 e. The normalized spacial score (nSPS) is 11.3. The Morgan fingerprint density at radius 3 is 2.51 bits per heavy atom. The Kier molecular flexibility index (Phi) is 6.14. The van der Waals surface area contributed by atoms with Crippen LogP contribution in [0.25, 0.3) is 16.7 Å². The van der Waals surface area contributed by atoms with Crippen LogP contribution < -0.4 is 10.9 Å². The predicted molar refractivity (Wildman–Crippen MR) is 137 cm³/mol. The van der Waals surface area contributed by atoms with E-state index in [1.54, 1.807) is 4.57 Å². The first-order chi connectivity index (χ1) is 17.0. The minimum atomic E-state index is -0.383. The Labute approximate surface area is 203 Å². The van der Waals surface area contributed by atoms with Crippen molar-refractivity contribution in [3.63, 3.8) is 0 Å². The van der Waals surface area contributed by atoms with Crippen molar-refractivity contribution in [3.8, 4) is 0 Å². The first-order valence-electron chi connectivity index (χ1n) is 11.8. The Morgan fingerprint density at radius 2 is 1.71 bits per heavy atom. The maximum absolute atomic E-state index is 13.5. The van der Waals surface area contributed by atoms with Crippen molar-refractivity contribution in [1.82, 2.24) is 24.5 Å². The summed E-state index contributed by atoms with van der Waals surface area (Å²) in [6, 6.07) is 24.0. The summed E-state index contributed by atoms with van der Waals surface area (Å²) in [5, 5.41) is 7.30. The topological polar surface area (TPSA) is 81.3 Å². The number of nitrogens with one attached hydrogen (secondary N) is 1. The van der Waals surface area contributed by atoms with Gasteiger partial charge in [-0.3, -0.25) is 14.2 Å². The average molecular weight is 466 g/mol. The van der Waals surface area contributed by atoms with Crippen LogP contribution in [0, 0.1) is 13.8 Å². The van der Waals surface area contributed by atoms with E-state index in [9.17, 15) is 9.59 Å². The van der Waals surface area contributed by atoms with Crippen molar-refractivity contribution >= 4 is 22.6 Å². The van der Waals surface area contributed by atoms with Crippen LogP contribution in [0.1, 0.15) is 39.3 Å². The lowest BCUT2D eigenvalue weighted by Gasteiger charge is -2.13. The Bertz CT molecular complexity index is 1580. The molecule has 35 heavy (non-hydrogen) atoms. The third kappa shape index (κ3) is 4.57. The predicted octanol–water partition coefficient (Wildman–Crippen LogP) is 4.07. The molecule has 5 aromatic rings. The number of hydrogen-bond donors (Lipinski definition) is 1. The number of fused-ring (bicyclic) bond motifs is 3. The van der Waals surface area contributed by atoms with Gasteiger partial charge in [-0.05, 0) is 61.1 Å². The number of carbonyl (C=O) groups excluding carboxylic acids is 1. The van der Waals surface area contributed by atoms with Crippen LogP contribution in [-0.2, 0) is 13.0 Å². The summed E-state index contributed by atoms with van der Waals surface area (Å²) in [5.41, 5.74) is 5.77. The average Bonchev–Trinajstić information content (AvgIpc) is 3.32. The number of aromatic nitrogens is 4. The fraction of sp³-hybridized carbons (Fsp3) is 0.214. The number of rotatable bonds is 7. The fourth-order valence-electron chi connectivity index (χ4n) is 4.31. The van der Waals surface area contributed by atoms with E-state index in [0.29, 0.717) is 13.1 Å². The molecule has 5 rings (SSSR count). The number of carbonyl (C=O) groups is 1. The summed E-state index contributed by atoms with van der Waals surface area (Å²) in [4.78, 5) is 30.7. The van der Waals surface area contributed by atoms with Gasteiger partial charge in [0.05, 0.1) is 17.6 Å². The molecule has 0 aliphatic rings. The molecule has 2 aromatic heterocycles. The zero-order chi connectivity index (χ0) is 24.4. The molecule has 0 fully saturated rings. The van der Waals surface area contributed by atoms with E-state index < -0.39 is 0 Å². The van der Waals surface area contributed by atoms with Gasteiger partial charge in [-0.15, -0.1) is 5.10 Å². The van der Waals surface area contributed by atoms with Gasteiger partial charge >= 0.3 is 0 Å². The van der Waals surface area contributed by atoms with E-state index in [4.69, 9.17) is 0 Å². The van der Waals surface area contributed by atoms with E-state index in [1.165, 1.54) is 10.1 Å². The zero-order valence-corrected chi connectivity index (χ0v) is 19.9. The van der Waals surface area contributed by atoms with Gasteiger partial charge in [0, 0.05) is 6.54 Å². The third-order valence-electron chi connectivity index (χ3n) is 6.26. The van der Waals surface area contributed by atoms with Gasteiger partial charge in [0.25, 0.3) is 11.5 Å². The van der Waals surface area contributed by atoms with Crippen LogP contribution in [0.4, 0.5) is 0 Å². The molecule has 0 aliphatic heterocycles. The van der Waals surface area contributed by atoms with Gasteiger partial charge in [-0.25, -0.2) is 4.52 Å². The number of aryl methyl sites for hydroxylation is 3. The molecule has 7 heteroatoms. The highest BCUT2D eigenvalue weighted by Gasteiger charge is 2.19. The SMILES string of the molecule is Cc1ccc2c(c1)n(Cc1ccccc1C)c(=O)c1nc(C(=O)NCCCc3ccccc3)nn12. The molecular weight excluding hydrogens is 438 g/mol. The summed E-state index contributed by atoms with van der Waals surface area (Å²) in [7, 11) is 0. The summed E-state index contributed by atoms with van der Waals surface area (Å²) in [6.45, 7) is 4.93. The van der Waals surface area contributed by atoms with E-state index in [-0.39, 0.29) is 22.9 Å². The number of benzene rings is 3. The van der Waals surface area contributed by atoms with Crippen molar-refractivity contribution in [1.29, 1.82) is 0 Å². The van der Waals surface area contributed by atoms with Crippen molar-refractivity contribution in [2.24, 2.45) is 0 Å². The molecule has 1 N–H and O–H groups in total. The maximum Gasteiger partial charge on any atom is 0.296 e. The van der Waals surface area contributed by atoms with Crippen LogP contribution >= 0.6 is 0 Å². The van der Waals surface area contributed by atoms with Crippen LogP contribution in [0.3, 0.4) is 0 Å². The molecule has 0 bridgehead atoms. The molecule has 1 amide bonds. The smallest absolute Gasteiger partial charge is 0.296 e. The lowest BCUT2D eigenvalue weighted by atomic mass is 10.1. The standard InChI is InChI=1S/C28H27N5O2/c1-19-14-15-23-24(17-19)32(18-22-13-7-6-9-20(22)2)28(35)26-30-25(31-33(23)26)27(34)29-16-8-12-21-10-4-3-5-11-21/h3-7,9-11,13-15,17H,8,12,16,18H2,1-2H3,(H,29,34). The third-order valence-corrected chi connectivity index (χ3v) is 6.26. The summed E-state index contributed by atoms with van der Waals surface area (Å²) in [6.07, 6.45) is 1.67. The lowest BCUT2D eigenvalue weighted by Crippen LogP contribution is -2.26. The summed E-state index contributed by atoms with van der Waals surface area (Å²) < 4.78 is 3.21. The van der Waals surface area contributed by atoms with Gasteiger partial charge in [0.2, 0.25) is 11.5 Å². The first-order valence-corrected chi connectivity index (χ1v) is 11.8. The van der Waals surface area contributed by atoms with E-state index in [1.807, 2.05) is 74.5 Å². The number of nitrogens with zero attached hydrogens (tertiary/aromatic N) is 4. The van der Waals surface area contributed by atoms with Crippen molar-refractivity contribution in [2.45, 2.75) is 33.2 Å². The highest BCUT2D eigenvalue weighted by molar-refractivity contribution is 5.91.